The Balaban J connectivity index is 1.26. The number of amidine groups is 1. The molecule has 3 fully saturated rings. The molecule has 1 saturated heterocycles. The van der Waals surface area contributed by atoms with E-state index in [1.54, 1.807) is 24.1 Å². The van der Waals surface area contributed by atoms with Crippen molar-refractivity contribution in [2.24, 2.45) is 22.6 Å². The van der Waals surface area contributed by atoms with E-state index in [-0.39, 0.29) is 29.7 Å². The third-order valence-corrected chi connectivity index (χ3v) is 14.2. The highest BCUT2D eigenvalue weighted by atomic mass is 16.5. The molecule has 0 spiro atoms. The fraction of sp³-hybridized carbons (Fsp3) is 0.640. The monoisotopic (exact) mass is 868 g/mol. The van der Waals surface area contributed by atoms with E-state index in [0.717, 1.165) is 73.8 Å². The number of aryl methyl sites for hydroxylation is 1. The topological polar surface area (TPSA) is 176 Å². The fourth-order valence-corrected chi connectivity index (χ4v) is 10.4. The second kappa shape index (κ2) is 23.4. The molecule has 13 nitrogen and oxygen atoms in total. The summed E-state index contributed by atoms with van der Waals surface area (Å²) in [6.07, 6.45) is 15.2. The first-order valence-corrected chi connectivity index (χ1v) is 24.1. The molecule has 5 N–H and O–H groups in total. The molecule has 0 bridgehead atoms. The van der Waals surface area contributed by atoms with Gasteiger partial charge in [-0.25, -0.2) is 4.99 Å². The van der Waals surface area contributed by atoms with Crippen LogP contribution in [0.2, 0.25) is 0 Å². The summed E-state index contributed by atoms with van der Waals surface area (Å²) in [5.74, 6) is -1.74. The van der Waals surface area contributed by atoms with Crippen LogP contribution in [0.15, 0.2) is 59.6 Å². The number of hydrogen-bond donors (Lipinski definition) is 4. The number of carbonyl (C=O) groups excluding carboxylic acids is 5. The van der Waals surface area contributed by atoms with Crippen molar-refractivity contribution < 1.29 is 28.7 Å². The standard InChI is InChI=1S/C50H73N7O6/c1-4-37-24-15-16-27-39(37)46(60)57(49-53-34-50(5-2,63-49)38-25-13-8-14-26-38)48(62)42(33-36-22-11-7-12-23-36)55-45(59)43-29-19-31-56(43)47(61)40(28-17-18-30-51)54-44(58)41(52-3)32-35-20-9-6-10-21-35/h6,9-10,15-16,20-21,24,27,36,38,40-43,52H,4-5,7-8,11-14,17-19,22-23,25-26,28-34,51H2,1-3H3,(H,54,58)(H,55,59)/t40-,41-,42+,43-,50?/m0/s1. The van der Waals surface area contributed by atoms with E-state index in [0.29, 0.717) is 83.0 Å². The molecular formula is C50H73N7O6. The van der Waals surface area contributed by atoms with Crippen molar-refractivity contribution in [2.75, 3.05) is 26.7 Å². The van der Waals surface area contributed by atoms with Crippen LogP contribution in [0.1, 0.15) is 144 Å². The maximum absolute atomic E-state index is 15.3. The zero-order valence-corrected chi connectivity index (χ0v) is 38.1. The number of aliphatic imine (C=N–C) groups is 1. The number of likely N-dealkylation sites (tertiary alicyclic amines) is 1. The maximum atomic E-state index is 15.3. The molecular weight excluding hydrogens is 795 g/mol. The van der Waals surface area contributed by atoms with Crippen molar-refractivity contribution in [3.05, 3.63) is 71.3 Å². The summed E-state index contributed by atoms with van der Waals surface area (Å²) in [6, 6.07) is 13.7. The van der Waals surface area contributed by atoms with Gasteiger partial charge in [-0.3, -0.25) is 24.0 Å². The molecule has 0 radical (unpaired) electrons. The van der Waals surface area contributed by atoms with E-state index in [9.17, 15) is 19.2 Å². The largest absolute Gasteiger partial charge is 0.456 e. The zero-order chi connectivity index (χ0) is 44.8. The average Bonchev–Trinajstić information content (AvgIpc) is 4.00. The van der Waals surface area contributed by atoms with Crippen LogP contribution in [0.25, 0.3) is 0 Å². The molecule has 2 saturated carbocycles. The Labute approximate surface area is 375 Å². The predicted molar refractivity (Wildman–Crippen MR) is 246 cm³/mol. The molecule has 13 heteroatoms. The molecule has 5 amide bonds. The third-order valence-electron chi connectivity index (χ3n) is 14.2. The van der Waals surface area contributed by atoms with Crippen LogP contribution < -0.4 is 21.7 Å². The summed E-state index contributed by atoms with van der Waals surface area (Å²) < 4.78 is 6.81. The zero-order valence-electron chi connectivity index (χ0n) is 38.1. The van der Waals surface area contributed by atoms with E-state index in [4.69, 9.17) is 15.5 Å². The molecule has 4 aliphatic rings. The van der Waals surface area contributed by atoms with Gasteiger partial charge in [-0.15, -0.1) is 0 Å². The van der Waals surface area contributed by atoms with Crippen molar-refractivity contribution in [3.8, 4) is 0 Å². The Bertz CT molecular complexity index is 1880. The molecule has 1 unspecified atom stereocenters. The van der Waals surface area contributed by atoms with Gasteiger partial charge in [0.1, 0.15) is 23.7 Å². The summed E-state index contributed by atoms with van der Waals surface area (Å²) >= 11 is 0. The van der Waals surface area contributed by atoms with Gasteiger partial charge in [-0.2, -0.15) is 4.90 Å². The number of ether oxygens (including phenoxy) is 1. The highest BCUT2D eigenvalue weighted by Gasteiger charge is 2.49. The van der Waals surface area contributed by atoms with Crippen molar-refractivity contribution in [1.29, 1.82) is 0 Å². The van der Waals surface area contributed by atoms with Crippen LogP contribution in [-0.4, -0.2) is 102 Å². The van der Waals surface area contributed by atoms with E-state index in [2.05, 4.69) is 22.9 Å². The minimum Gasteiger partial charge on any atom is -0.456 e. The molecule has 2 aromatic rings. The lowest BCUT2D eigenvalue weighted by atomic mass is 9.75. The Morgan fingerprint density at radius 2 is 1.54 bits per heavy atom. The number of imide groups is 1. The number of hydrogen-bond acceptors (Lipinski definition) is 9. The molecule has 2 aliphatic carbocycles. The Kier molecular flexibility index (Phi) is 17.7. The SMILES string of the molecule is CCc1ccccc1C(=O)N(C(=O)[C@@H](CC1CCCCC1)NC(=O)[C@@H]1CCCN1C(=O)[C@H](CCCCN)NC(=O)[C@H](Cc1ccccc1)NC)C1=NCC(CC)(C2CCCCC2)O1. The number of benzene rings is 2. The summed E-state index contributed by atoms with van der Waals surface area (Å²) in [7, 11) is 1.73. The lowest BCUT2D eigenvalue weighted by Crippen LogP contribution is -2.59. The summed E-state index contributed by atoms with van der Waals surface area (Å²) in [5, 5.41) is 9.24. The molecule has 6 rings (SSSR count). The highest BCUT2D eigenvalue weighted by Crippen LogP contribution is 2.41. The Morgan fingerprint density at radius 1 is 0.841 bits per heavy atom. The van der Waals surface area contributed by atoms with E-state index < -0.39 is 47.5 Å². The number of nitrogens with zero attached hydrogens (tertiary/aromatic N) is 3. The minimum absolute atomic E-state index is 0.00657. The third kappa shape index (κ3) is 11.9. The number of nitrogens with two attached hydrogens (primary N) is 1. The number of carbonyl (C=O) groups is 5. The van der Waals surface area contributed by atoms with Gasteiger partial charge in [0.2, 0.25) is 17.7 Å². The summed E-state index contributed by atoms with van der Waals surface area (Å²) in [4.78, 5) is 80.7. The number of rotatable bonds is 19. The molecule has 63 heavy (non-hydrogen) atoms. The number of amides is 5. The molecule has 344 valence electrons. The van der Waals surface area contributed by atoms with Crippen LogP contribution in [0.5, 0.6) is 0 Å². The van der Waals surface area contributed by atoms with Gasteiger partial charge < -0.3 is 31.3 Å². The van der Waals surface area contributed by atoms with Crippen LogP contribution in [0.4, 0.5) is 0 Å². The average molecular weight is 868 g/mol. The van der Waals surface area contributed by atoms with Crippen LogP contribution >= 0.6 is 0 Å². The van der Waals surface area contributed by atoms with Crippen molar-refractivity contribution in [1.82, 2.24) is 25.8 Å². The van der Waals surface area contributed by atoms with Crippen LogP contribution in [0.3, 0.4) is 0 Å². The van der Waals surface area contributed by atoms with Crippen molar-refractivity contribution in [2.45, 2.75) is 166 Å². The number of unbranched alkanes of at least 4 members (excludes halogenated alkanes) is 1. The number of nitrogens with one attached hydrogen (secondary N) is 3. The summed E-state index contributed by atoms with van der Waals surface area (Å²) in [6.45, 7) is 5.22. The highest BCUT2D eigenvalue weighted by molar-refractivity contribution is 6.18. The summed E-state index contributed by atoms with van der Waals surface area (Å²) in [5.41, 5.74) is 7.41. The van der Waals surface area contributed by atoms with Crippen molar-refractivity contribution in [3.63, 3.8) is 0 Å². The van der Waals surface area contributed by atoms with E-state index >= 15 is 4.79 Å². The smallest absolute Gasteiger partial charge is 0.302 e. The molecule has 0 aromatic heterocycles. The lowest BCUT2D eigenvalue weighted by molar-refractivity contribution is -0.143. The van der Waals surface area contributed by atoms with Gasteiger partial charge in [0.05, 0.1) is 12.6 Å². The van der Waals surface area contributed by atoms with Crippen LogP contribution in [0, 0.1) is 11.8 Å². The quantitative estimate of drug-likeness (QED) is 0.120. The molecule has 2 aromatic carbocycles. The maximum Gasteiger partial charge on any atom is 0.302 e. The van der Waals surface area contributed by atoms with Gasteiger partial charge in [-0.1, -0.05) is 114 Å². The molecule has 2 aliphatic heterocycles. The second-order valence-corrected chi connectivity index (χ2v) is 18.3. The van der Waals surface area contributed by atoms with Gasteiger partial charge in [0, 0.05) is 18.0 Å². The minimum atomic E-state index is -1.07. The Morgan fingerprint density at radius 3 is 2.22 bits per heavy atom. The first-order chi connectivity index (χ1) is 30.6. The predicted octanol–water partition coefficient (Wildman–Crippen LogP) is 6.22. The first kappa shape index (κ1) is 47.8. The van der Waals surface area contributed by atoms with E-state index in [1.165, 1.54) is 6.42 Å². The number of likely N-dealkylation sites (N-methyl/N-ethyl adjacent to an activating group) is 1. The van der Waals surface area contributed by atoms with Gasteiger partial charge in [0.25, 0.3) is 11.8 Å². The molecule has 2 heterocycles. The van der Waals surface area contributed by atoms with Gasteiger partial charge >= 0.3 is 6.02 Å². The van der Waals surface area contributed by atoms with Crippen molar-refractivity contribution >= 4 is 35.6 Å². The van der Waals surface area contributed by atoms with Gasteiger partial charge in [-0.05, 0) is 107 Å². The molecule has 5 atom stereocenters. The normalized spacial score (nSPS) is 22.1. The lowest BCUT2D eigenvalue weighted by Gasteiger charge is -2.39. The Hall–Kier alpha value is -4.62. The van der Waals surface area contributed by atoms with Gasteiger partial charge in [0.15, 0.2) is 0 Å². The second-order valence-electron chi connectivity index (χ2n) is 18.3. The van der Waals surface area contributed by atoms with E-state index in [1.807, 2.05) is 49.4 Å². The fourth-order valence-electron chi connectivity index (χ4n) is 10.4. The van der Waals surface area contributed by atoms with Crippen LogP contribution in [-0.2, 0) is 36.8 Å². The first-order valence-electron chi connectivity index (χ1n) is 24.1.